The van der Waals surface area contributed by atoms with Crippen LogP contribution in [0.25, 0.3) is 11.5 Å². The molecule has 6 nitrogen and oxygen atoms in total. The number of hydrogen-bond acceptors (Lipinski definition) is 4. The van der Waals surface area contributed by atoms with Gasteiger partial charge in [-0.15, -0.1) is 0 Å². The molecule has 0 aromatic carbocycles. The van der Waals surface area contributed by atoms with Crippen molar-refractivity contribution >= 4 is 5.97 Å². The van der Waals surface area contributed by atoms with E-state index in [2.05, 4.69) is 10.1 Å². The van der Waals surface area contributed by atoms with Gasteiger partial charge in [-0.25, -0.2) is 9.78 Å². The summed E-state index contributed by atoms with van der Waals surface area (Å²) in [7, 11) is 1.78. The number of carbonyl (C=O) groups is 1. The van der Waals surface area contributed by atoms with E-state index in [0.717, 1.165) is 5.69 Å². The Hall–Kier alpha value is -2.11. The lowest BCUT2D eigenvalue weighted by molar-refractivity contribution is 0.0689. The second-order valence-corrected chi connectivity index (χ2v) is 3.53. The molecular formula is C10H11N3O3. The molecule has 2 rings (SSSR count). The average molecular weight is 221 g/mol. The first-order chi connectivity index (χ1) is 7.49. The summed E-state index contributed by atoms with van der Waals surface area (Å²) in [5, 5.41) is 13.0. The Bertz CT molecular complexity index is 554. The first-order valence-corrected chi connectivity index (χ1v) is 4.70. The van der Waals surface area contributed by atoms with E-state index in [9.17, 15) is 4.79 Å². The summed E-state index contributed by atoms with van der Waals surface area (Å²) in [5.74, 6) is -0.500. The number of aromatic carboxylic acids is 1. The van der Waals surface area contributed by atoms with E-state index in [1.807, 2.05) is 6.92 Å². The monoisotopic (exact) mass is 221 g/mol. The molecule has 0 atom stereocenters. The zero-order valence-corrected chi connectivity index (χ0v) is 9.18. The van der Waals surface area contributed by atoms with E-state index in [4.69, 9.17) is 9.52 Å². The van der Waals surface area contributed by atoms with Crippen molar-refractivity contribution in [3.63, 3.8) is 0 Å². The van der Waals surface area contributed by atoms with Crippen molar-refractivity contribution in [2.45, 2.75) is 13.8 Å². The minimum absolute atomic E-state index is 0.0572. The first-order valence-electron chi connectivity index (χ1n) is 4.70. The van der Waals surface area contributed by atoms with E-state index in [-0.39, 0.29) is 5.69 Å². The number of hydrogen-bond donors (Lipinski definition) is 1. The molecule has 1 N–H and O–H groups in total. The molecule has 0 fully saturated rings. The van der Waals surface area contributed by atoms with Crippen LogP contribution in [0.4, 0.5) is 0 Å². The van der Waals surface area contributed by atoms with Crippen molar-refractivity contribution in [2.75, 3.05) is 0 Å². The molecule has 0 aliphatic rings. The molecule has 2 heterocycles. The van der Waals surface area contributed by atoms with Crippen LogP contribution >= 0.6 is 0 Å². The van der Waals surface area contributed by atoms with Gasteiger partial charge in [-0.05, 0) is 13.8 Å². The summed E-state index contributed by atoms with van der Waals surface area (Å²) in [6, 6.07) is 0. The first kappa shape index (κ1) is 10.4. The summed E-state index contributed by atoms with van der Waals surface area (Å²) in [5.41, 5.74) is 1.40. The van der Waals surface area contributed by atoms with Gasteiger partial charge < -0.3 is 9.52 Å². The maximum Gasteiger partial charge on any atom is 0.358 e. The molecule has 84 valence electrons. The van der Waals surface area contributed by atoms with Crippen LogP contribution in [-0.4, -0.2) is 25.8 Å². The highest BCUT2D eigenvalue weighted by molar-refractivity contribution is 5.87. The molecular weight excluding hydrogens is 210 g/mol. The number of rotatable bonds is 2. The molecule has 0 saturated heterocycles. The van der Waals surface area contributed by atoms with Gasteiger partial charge in [-0.1, -0.05) is 0 Å². The van der Waals surface area contributed by atoms with Gasteiger partial charge in [-0.3, -0.25) is 4.68 Å². The Morgan fingerprint density at radius 2 is 2.19 bits per heavy atom. The molecule has 0 bridgehead atoms. The zero-order chi connectivity index (χ0) is 11.9. The van der Waals surface area contributed by atoms with Crippen molar-refractivity contribution in [1.29, 1.82) is 0 Å². The van der Waals surface area contributed by atoms with Gasteiger partial charge in [-0.2, -0.15) is 5.10 Å². The Morgan fingerprint density at radius 1 is 1.50 bits per heavy atom. The summed E-state index contributed by atoms with van der Waals surface area (Å²) in [6.07, 6.45) is 1.74. The predicted octanol–water partition coefficient (Wildman–Crippen LogP) is 1.39. The van der Waals surface area contributed by atoms with Crippen molar-refractivity contribution in [3.05, 3.63) is 23.3 Å². The van der Waals surface area contributed by atoms with Gasteiger partial charge in [0.15, 0.2) is 5.69 Å². The lowest BCUT2D eigenvalue weighted by Gasteiger charge is -1.88. The Labute approximate surface area is 91.5 Å². The maximum absolute atomic E-state index is 10.8. The summed E-state index contributed by atoms with van der Waals surface area (Å²) >= 11 is 0. The maximum atomic E-state index is 10.8. The molecule has 0 amide bonds. The molecule has 6 heteroatoms. The van der Waals surface area contributed by atoms with Gasteiger partial charge in [0.1, 0.15) is 5.76 Å². The molecule has 2 aromatic heterocycles. The minimum atomic E-state index is -1.09. The van der Waals surface area contributed by atoms with Gasteiger partial charge in [0, 0.05) is 13.2 Å². The number of carboxylic acid groups (broad SMARTS) is 1. The molecule has 0 unspecified atom stereocenters. The molecule has 0 saturated carbocycles. The normalized spacial score (nSPS) is 10.7. The van der Waals surface area contributed by atoms with Gasteiger partial charge >= 0.3 is 5.97 Å². The second kappa shape index (κ2) is 3.48. The highest BCUT2D eigenvalue weighted by Gasteiger charge is 2.19. The minimum Gasteiger partial charge on any atom is -0.476 e. The lowest BCUT2D eigenvalue weighted by Crippen LogP contribution is -1.98. The summed E-state index contributed by atoms with van der Waals surface area (Å²) in [4.78, 5) is 14.7. The largest absolute Gasteiger partial charge is 0.476 e. The summed E-state index contributed by atoms with van der Waals surface area (Å²) < 4.78 is 6.94. The Kier molecular flexibility index (Phi) is 2.26. The van der Waals surface area contributed by atoms with Crippen LogP contribution in [0.15, 0.2) is 10.6 Å². The highest BCUT2D eigenvalue weighted by atomic mass is 16.4. The Balaban J connectivity index is 2.53. The van der Waals surface area contributed by atoms with Crippen molar-refractivity contribution in [2.24, 2.45) is 7.05 Å². The number of oxazole rings is 1. The smallest absolute Gasteiger partial charge is 0.358 e. The quantitative estimate of drug-likeness (QED) is 0.828. The van der Waals surface area contributed by atoms with Gasteiger partial charge in [0.25, 0.3) is 0 Å². The van der Waals surface area contributed by atoms with Crippen molar-refractivity contribution < 1.29 is 14.3 Å². The lowest BCUT2D eigenvalue weighted by atomic mass is 10.3. The van der Waals surface area contributed by atoms with Crippen LogP contribution in [0, 0.1) is 13.8 Å². The highest BCUT2D eigenvalue weighted by Crippen LogP contribution is 2.23. The fourth-order valence-electron chi connectivity index (χ4n) is 1.52. The van der Waals surface area contributed by atoms with E-state index >= 15 is 0 Å². The fraction of sp³-hybridized carbons (Fsp3) is 0.300. The number of aromatic nitrogens is 3. The summed E-state index contributed by atoms with van der Waals surface area (Å²) in [6.45, 7) is 3.39. The van der Waals surface area contributed by atoms with Crippen molar-refractivity contribution in [3.8, 4) is 11.5 Å². The third kappa shape index (κ3) is 1.58. The van der Waals surface area contributed by atoms with Crippen LogP contribution in [0.2, 0.25) is 0 Å². The van der Waals surface area contributed by atoms with Crippen molar-refractivity contribution in [1.82, 2.24) is 14.8 Å². The topological polar surface area (TPSA) is 81.2 Å². The van der Waals surface area contributed by atoms with E-state index in [0.29, 0.717) is 17.2 Å². The van der Waals surface area contributed by atoms with E-state index in [1.165, 1.54) is 0 Å². The molecule has 2 aromatic rings. The molecule has 0 aliphatic heterocycles. The van der Waals surface area contributed by atoms with Gasteiger partial charge in [0.05, 0.1) is 11.3 Å². The average Bonchev–Trinajstić information content (AvgIpc) is 2.69. The van der Waals surface area contributed by atoms with Crippen LogP contribution < -0.4 is 0 Å². The zero-order valence-electron chi connectivity index (χ0n) is 9.18. The van der Waals surface area contributed by atoms with Crippen LogP contribution in [-0.2, 0) is 7.05 Å². The standard InChI is InChI=1S/C10H11N3O3/c1-5-7(4-13(3)12-5)9-11-8(10(14)15)6(2)16-9/h4H,1-3H3,(H,14,15). The third-order valence-electron chi connectivity index (χ3n) is 2.24. The molecule has 0 radical (unpaired) electrons. The number of aryl methyl sites for hydroxylation is 3. The molecule has 16 heavy (non-hydrogen) atoms. The number of nitrogens with zero attached hydrogens (tertiary/aromatic N) is 3. The fourth-order valence-corrected chi connectivity index (χ4v) is 1.52. The van der Waals surface area contributed by atoms with E-state index in [1.54, 1.807) is 24.9 Å². The molecule has 0 aliphatic carbocycles. The predicted molar refractivity (Wildman–Crippen MR) is 55.1 cm³/mol. The van der Waals surface area contributed by atoms with Crippen LogP contribution in [0.1, 0.15) is 21.9 Å². The van der Waals surface area contributed by atoms with Gasteiger partial charge in [0.2, 0.25) is 5.89 Å². The second-order valence-electron chi connectivity index (χ2n) is 3.53. The third-order valence-corrected chi connectivity index (χ3v) is 2.24. The SMILES string of the molecule is Cc1nn(C)cc1-c1nc(C(=O)O)c(C)o1. The number of carboxylic acids is 1. The Morgan fingerprint density at radius 3 is 2.62 bits per heavy atom. The van der Waals surface area contributed by atoms with Crippen LogP contribution in [0.3, 0.4) is 0 Å². The molecule has 0 spiro atoms. The van der Waals surface area contributed by atoms with E-state index < -0.39 is 5.97 Å². The van der Waals surface area contributed by atoms with Crippen LogP contribution in [0.5, 0.6) is 0 Å².